The third kappa shape index (κ3) is 4.74. The Kier molecular flexibility index (Phi) is 6.41. The number of amides is 1. The van der Waals surface area contributed by atoms with Crippen LogP contribution in [0, 0.1) is 6.92 Å². The SMILES string of the molecule is CCn1cc(CN(C)C(=O)c2ccn(COc3ccc(Cl)cc3Br)n2)c(C)n1. The number of carbonyl (C=O) groups is 1. The Morgan fingerprint density at radius 3 is 2.75 bits per heavy atom. The average Bonchev–Trinajstić information content (AvgIpc) is 3.27. The maximum absolute atomic E-state index is 12.7. The van der Waals surface area contributed by atoms with Crippen molar-refractivity contribution in [2.24, 2.45) is 0 Å². The van der Waals surface area contributed by atoms with E-state index in [0.717, 1.165) is 22.3 Å². The summed E-state index contributed by atoms with van der Waals surface area (Å²) in [6, 6.07) is 6.96. The number of hydrogen-bond donors (Lipinski definition) is 0. The summed E-state index contributed by atoms with van der Waals surface area (Å²) in [4.78, 5) is 14.3. The molecule has 0 fully saturated rings. The van der Waals surface area contributed by atoms with Crippen molar-refractivity contribution in [3.05, 3.63) is 63.1 Å². The van der Waals surface area contributed by atoms with Crippen molar-refractivity contribution in [2.45, 2.75) is 33.7 Å². The van der Waals surface area contributed by atoms with Crippen molar-refractivity contribution in [3.8, 4) is 5.75 Å². The molecule has 1 aromatic carbocycles. The van der Waals surface area contributed by atoms with E-state index in [9.17, 15) is 4.79 Å². The van der Waals surface area contributed by atoms with Crippen LogP contribution in [0.2, 0.25) is 5.02 Å². The van der Waals surface area contributed by atoms with Crippen molar-refractivity contribution >= 4 is 33.4 Å². The van der Waals surface area contributed by atoms with Crippen molar-refractivity contribution in [1.82, 2.24) is 24.5 Å². The van der Waals surface area contributed by atoms with Gasteiger partial charge in [0.2, 0.25) is 0 Å². The average molecular weight is 467 g/mol. The predicted molar refractivity (Wildman–Crippen MR) is 110 cm³/mol. The molecule has 1 amide bonds. The summed E-state index contributed by atoms with van der Waals surface area (Å²) in [5, 5.41) is 9.35. The van der Waals surface area contributed by atoms with E-state index in [2.05, 4.69) is 26.1 Å². The summed E-state index contributed by atoms with van der Waals surface area (Å²) in [5.74, 6) is 0.489. The van der Waals surface area contributed by atoms with Gasteiger partial charge < -0.3 is 9.64 Å². The molecule has 0 radical (unpaired) electrons. The van der Waals surface area contributed by atoms with Crippen LogP contribution in [0.1, 0.15) is 28.7 Å². The molecule has 0 unspecified atom stereocenters. The van der Waals surface area contributed by atoms with E-state index in [4.69, 9.17) is 16.3 Å². The second-order valence-corrected chi connectivity index (χ2v) is 7.64. The van der Waals surface area contributed by atoms with Gasteiger partial charge in [0.25, 0.3) is 5.91 Å². The summed E-state index contributed by atoms with van der Waals surface area (Å²) in [6.45, 7) is 5.43. The largest absolute Gasteiger partial charge is 0.470 e. The monoisotopic (exact) mass is 465 g/mol. The highest BCUT2D eigenvalue weighted by Gasteiger charge is 2.17. The zero-order valence-electron chi connectivity index (χ0n) is 15.9. The lowest BCUT2D eigenvalue weighted by molar-refractivity contribution is 0.0777. The first-order valence-electron chi connectivity index (χ1n) is 8.77. The Morgan fingerprint density at radius 1 is 1.29 bits per heavy atom. The maximum Gasteiger partial charge on any atom is 0.274 e. The molecule has 0 aliphatic rings. The number of ether oxygens (including phenoxy) is 1. The van der Waals surface area contributed by atoms with Crippen LogP contribution in [-0.2, 0) is 19.8 Å². The maximum atomic E-state index is 12.7. The van der Waals surface area contributed by atoms with E-state index >= 15 is 0 Å². The summed E-state index contributed by atoms with van der Waals surface area (Å²) < 4.78 is 9.91. The molecule has 0 aliphatic heterocycles. The first-order chi connectivity index (χ1) is 13.4. The summed E-state index contributed by atoms with van der Waals surface area (Å²) in [5.41, 5.74) is 2.31. The van der Waals surface area contributed by atoms with Crippen LogP contribution in [0.4, 0.5) is 0 Å². The molecular formula is C19H21BrClN5O2. The lowest BCUT2D eigenvalue weighted by Gasteiger charge is -2.15. The molecule has 2 aromatic heterocycles. The molecule has 2 heterocycles. The smallest absolute Gasteiger partial charge is 0.274 e. The second kappa shape index (κ2) is 8.79. The highest BCUT2D eigenvalue weighted by molar-refractivity contribution is 9.10. The van der Waals surface area contributed by atoms with Crippen molar-refractivity contribution in [2.75, 3.05) is 7.05 Å². The standard InChI is InChI=1S/C19H21BrClN5O2/c1-4-25-11-14(13(2)22-25)10-24(3)19(27)17-7-8-26(23-17)12-28-18-6-5-15(21)9-16(18)20/h5-9,11H,4,10,12H2,1-3H3. The van der Waals surface area contributed by atoms with E-state index in [1.807, 2.05) is 24.7 Å². The second-order valence-electron chi connectivity index (χ2n) is 6.35. The van der Waals surface area contributed by atoms with Crippen molar-refractivity contribution in [3.63, 3.8) is 0 Å². The molecule has 7 nitrogen and oxygen atoms in total. The molecule has 0 saturated carbocycles. The zero-order chi connectivity index (χ0) is 20.3. The molecule has 148 valence electrons. The number of rotatable bonds is 7. The molecular weight excluding hydrogens is 446 g/mol. The molecule has 0 atom stereocenters. The van der Waals surface area contributed by atoms with Gasteiger partial charge in [-0.25, -0.2) is 4.68 Å². The minimum atomic E-state index is -0.157. The van der Waals surface area contributed by atoms with Gasteiger partial charge in [0, 0.05) is 43.1 Å². The number of halogens is 2. The fraction of sp³-hybridized carbons (Fsp3) is 0.316. The zero-order valence-corrected chi connectivity index (χ0v) is 18.2. The Morgan fingerprint density at radius 2 is 2.07 bits per heavy atom. The third-order valence-corrected chi connectivity index (χ3v) is 5.09. The van der Waals surface area contributed by atoms with Crippen LogP contribution in [0.5, 0.6) is 5.75 Å². The quantitative estimate of drug-likeness (QED) is 0.525. The summed E-state index contributed by atoms with van der Waals surface area (Å²) >= 11 is 9.33. The number of benzene rings is 1. The minimum Gasteiger partial charge on any atom is -0.470 e. The van der Waals surface area contributed by atoms with Gasteiger partial charge in [-0.05, 0) is 54.0 Å². The lowest BCUT2D eigenvalue weighted by atomic mass is 10.2. The minimum absolute atomic E-state index is 0.157. The lowest BCUT2D eigenvalue weighted by Crippen LogP contribution is -2.27. The summed E-state index contributed by atoms with van der Waals surface area (Å²) in [6.07, 6.45) is 3.68. The molecule has 0 spiro atoms. The fourth-order valence-corrected chi connectivity index (χ4v) is 3.47. The van der Waals surface area contributed by atoms with Gasteiger partial charge in [-0.15, -0.1) is 0 Å². The number of aryl methyl sites for hydroxylation is 2. The van der Waals surface area contributed by atoms with E-state index in [-0.39, 0.29) is 12.6 Å². The van der Waals surface area contributed by atoms with Crippen LogP contribution in [-0.4, -0.2) is 37.4 Å². The Labute approximate surface area is 177 Å². The predicted octanol–water partition coefficient (Wildman–Crippen LogP) is 4.13. The number of aromatic nitrogens is 4. The Hall–Kier alpha value is -2.32. The van der Waals surface area contributed by atoms with E-state index in [1.54, 1.807) is 47.1 Å². The molecule has 3 aromatic rings. The van der Waals surface area contributed by atoms with Crippen LogP contribution < -0.4 is 4.74 Å². The Balaban J connectivity index is 1.62. The van der Waals surface area contributed by atoms with Crippen LogP contribution in [0.25, 0.3) is 0 Å². The molecule has 0 bridgehead atoms. The topological polar surface area (TPSA) is 65.2 Å². The molecule has 0 N–H and O–H groups in total. The first kappa shape index (κ1) is 20.4. The highest BCUT2D eigenvalue weighted by Crippen LogP contribution is 2.28. The third-order valence-electron chi connectivity index (χ3n) is 4.23. The molecule has 0 aliphatic carbocycles. The van der Waals surface area contributed by atoms with Gasteiger partial charge in [0.05, 0.1) is 10.2 Å². The summed E-state index contributed by atoms with van der Waals surface area (Å²) in [7, 11) is 1.76. The molecule has 9 heteroatoms. The number of nitrogens with zero attached hydrogens (tertiary/aromatic N) is 5. The fourth-order valence-electron chi connectivity index (χ4n) is 2.67. The van der Waals surface area contributed by atoms with E-state index in [1.165, 1.54) is 0 Å². The van der Waals surface area contributed by atoms with Gasteiger partial charge in [0.1, 0.15) is 5.75 Å². The van der Waals surface area contributed by atoms with Crippen LogP contribution in [0.15, 0.2) is 41.1 Å². The molecule has 28 heavy (non-hydrogen) atoms. The van der Waals surface area contributed by atoms with Crippen LogP contribution >= 0.6 is 27.5 Å². The van der Waals surface area contributed by atoms with Gasteiger partial charge in [-0.3, -0.25) is 9.48 Å². The van der Waals surface area contributed by atoms with E-state index in [0.29, 0.717) is 23.0 Å². The van der Waals surface area contributed by atoms with Crippen molar-refractivity contribution in [1.29, 1.82) is 0 Å². The molecule has 0 saturated heterocycles. The Bertz CT molecular complexity index is 985. The van der Waals surface area contributed by atoms with E-state index < -0.39 is 0 Å². The van der Waals surface area contributed by atoms with Gasteiger partial charge in [0.15, 0.2) is 12.4 Å². The van der Waals surface area contributed by atoms with Gasteiger partial charge in [-0.2, -0.15) is 10.2 Å². The van der Waals surface area contributed by atoms with Crippen LogP contribution in [0.3, 0.4) is 0 Å². The normalized spacial score (nSPS) is 10.9. The number of carbonyl (C=O) groups excluding carboxylic acids is 1. The van der Waals surface area contributed by atoms with Gasteiger partial charge in [-0.1, -0.05) is 11.6 Å². The highest BCUT2D eigenvalue weighted by atomic mass is 79.9. The first-order valence-corrected chi connectivity index (χ1v) is 9.94. The molecule has 3 rings (SSSR count). The van der Waals surface area contributed by atoms with Crippen molar-refractivity contribution < 1.29 is 9.53 Å². The van der Waals surface area contributed by atoms with Gasteiger partial charge >= 0.3 is 0 Å². The number of hydrogen-bond acceptors (Lipinski definition) is 4.